The van der Waals surface area contributed by atoms with Crippen LogP contribution in [-0.2, 0) is 12.0 Å². The third kappa shape index (κ3) is 1.59. The van der Waals surface area contributed by atoms with E-state index in [0.717, 1.165) is 36.4 Å². The average Bonchev–Trinajstić information content (AvgIpc) is 3.08. The SMILES string of the molecule is COc1c2c(cc3c1OCO3)[C@@]13CCN(C2)[C@@H]1C[C@@H](O)C[C@H]3O. The van der Waals surface area contributed by atoms with Gasteiger partial charge in [0.05, 0.1) is 19.3 Å². The Bertz CT molecular complexity index is 677. The van der Waals surface area contributed by atoms with E-state index < -0.39 is 12.2 Å². The van der Waals surface area contributed by atoms with Crippen LogP contribution in [0.3, 0.4) is 0 Å². The summed E-state index contributed by atoms with van der Waals surface area (Å²) in [6.45, 7) is 1.90. The summed E-state index contributed by atoms with van der Waals surface area (Å²) < 4.78 is 16.8. The smallest absolute Gasteiger partial charge is 0.231 e. The van der Waals surface area contributed by atoms with Crippen LogP contribution in [0, 0.1) is 0 Å². The maximum absolute atomic E-state index is 10.9. The van der Waals surface area contributed by atoms with E-state index in [2.05, 4.69) is 4.90 Å². The highest BCUT2D eigenvalue weighted by Gasteiger charge is 2.60. The van der Waals surface area contributed by atoms with E-state index in [9.17, 15) is 10.2 Å². The first-order valence-electron chi connectivity index (χ1n) is 8.25. The summed E-state index contributed by atoms with van der Waals surface area (Å²) in [5.74, 6) is 2.11. The van der Waals surface area contributed by atoms with Crippen molar-refractivity contribution in [2.75, 3.05) is 20.4 Å². The normalized spacial score (nSPS) is 39.8. The van der Waals surface area contributed by atoms with Gasteiger partial charge in [-0.2, -0.15) is 0 Å². The highest BCUT2D eigenvalue weighted by molar-refractivity contribution is 5.63. The van der Waals surface area contributed by atoms with Gasteiger partial charge in [-0.3, -0.25) is 4.90 Å². The monoisotopic (exact) mass is 319 g/mol. The van der Waals surface area contributed by atoms with Gasteiger partial charge in [-0.05, 0) is 31.0 Å². The van der Waals surface area contributed by atoms with Gasteiger partial charge in [-0.15, -0.1) is 0 Å². The van der Waals surface area contributed by atoms with Crippen LogP contribution < -0.4 is 14.2 Å². The highest BCUT2D eigenvalue weighted by Crippen LogP contribution is 2.58. The number of aliphatic hydroxyl groups excluding tert-OH is 2. The molecule has 3 aliphatic heterocycles. The molecule has 3 heterocycles. The Labute approximate surface area is 134 Å². The van der Waals surface area contributed by atoms with Gasteiger partial charge in [-0.25, -0.2) is 0 Å². The fourth-order valence-electron chi connectivity index (χ4n) is 5.27. The number of benzene rings is 1. The molecule has 0 spiro atoms. The lowest BCUT2D eigenvalue weighted by atomic mass is 9.61. The topological polar surface area (TPSA) is 71.4 Å². The van der Waals surface area contributed by atoms with Crippen molar-refractivity contribution < 1.29 is 24.4 Å². The summed E-state index contributed by atoms with van der Waals surface area (Å²) in [4.78, 5) is 2.37. The molecule has 1 aromatic rings. The minimum Gasteiger partial charge on any atom is -0.492 e. The number of ether oxygens (including phenoxy) is 3. The molecule has 6 heteroatoms. The standard InChI is InChI=1S/C17H21NO5/c1-21-15-10-7-18-3-2-17(13(18)4-9(19)5-14(17)20)11(10)6-12-16(15)23-8-22-12/h6,9,13-14,19-20H,2-5,7-8H2,1H3/t9-,13-,14-,17+/m1/s1. The summed E-state index contributed by atoms with van der Waals surface area (Å²) in [6, 6.07) is 2.22. The zero-order valence-electron chi connectivity index (χ0n) is 13.1. The third-order valence-corrected chi connectivity index (χ3v) is 6.22. The fourth-order valence-corrected chi connectivity index (χ4v) is 5.27. The van der Waals surface area contributed by atoms with Crippen molar-refractivity contribution in [1.82, 2.24) is 4.90 Å². The number of aliphatic hydroxyl groups is 2. The van der Waals surface area contributed by atoms with E-state index in [1.54, 1.807) is 7.11 Å². The van der Waals surface area contributed by atoms with Gasteiger partial charge in [0.25, 0.3) is 0 Å². The average molecular weight is 319 g/mol. The Hall–Kier alpha value is -1.50. The molecule has 1 aliphatic carbocycles. The van der Waals surface area contributed by atoms with Gasteiger partial charge >= 0.3 is 0 Å². The summed E-state index contributed by atoms with van der Waals surface area (Å²) in [6.07, 6.45) is 1.07. The van der Waals surface area contributed by atoms with Crippen molar-refractivity contribution in [2.45, 2.75) is 49.5 Å². The molecular formula is C17H21NO5. The van der Waals surface area contributed by atoms with E-state index in [1.807, 2.05) is 6.07 Å². The zero-order valence-corrected chi connectivity index (χ0v) is 13.1. The minimum atomic E-state index is -0.551. The molecule has 5 atom stereocenters. The molecule has 2 bridgehead atoms. The van der Waals surface area contributed by atoms with E-state index in [1.165, 1.54) is 0 Å². The highest BCUT2D eigenvalue weighted by atomic mass is 16.7. The first-order valence-corrected chi connectivity index (χ1v) is 8.25. The quantitative estimate of drug-likeness (QED) is 0.796. The van der Waals surface area contributed by atoms with Gasteiger partial charge in [0.2, 0.25) is 12.5 Å². The second-order valence-corrected chi connectivity index (χ2v) is 7.09. The molecule has 23 heavy (non-hydrogen) atoms. The van der Waals surface area contributed by atoms with Gasteiger partial charge in [0.1, 0.15) is 0 Å². The molecule has 6 nitrogen and oxygen atoms in total. The Morgan fingerprint density at radius 1 is 1.30 bits per heavy atom. The Morgan fingerprint density at radius 2 is 2.17 bits per heavy atom. The van der Waals surface area contributed by atoms with Crippen LogP contribution in [0.2, 0.25) is 0 Å². The minimum absolute atomic E-state index is 0.179. The van der Waals surface area contributed by atoms with Gasteiger partial charge < -0.3 is 24.4 Å². The van der Waals surface area contributed by atoms with Crippen molar-refractivity contribution in [3.05, 3.63) is 17.2 Å². The second kappa shape index (κ2) is 4.53. The number of hydrogen-bond donors (Lipinski definition) is 2. The molecule has 1 unspecified atom stereocenters. The molecule has 2 fully saturated rings. The maximum Gasteiger partial charge on any atom is 0.231 e. The molecule has 1 saturated heterocycles. The Morgan fingerprint density at radius 3 is 3.00 bits per heavy atom. The predicted octanol–water partition coefficient (Wildman–Crippen LogP) is 0.765. The number of fused-ring (bicyclic) bond motifs is 2. The molecule has 0 amide bonds. The van der Waals surface area contributed by atoms with Crippen LogP contribution in [0.5, 0.6) is 17.2 Å². The lowest BCUT2D eigenvalue weighted by Gasteiger charge is -2.51. The second-order valence-electron chi connectivity index (χ2n) is 7.09. The van der Waals surface area contributed by atoms with Crippen LogP contribution in [0.15, 0.2) is 6.07 Å². The zero-order chi connectivity index (χ0) is 15.8. The summed E-state index contributed by atoms with van der Waals surface area (Å²) in [5, 5.41) is 21.0. The molecule has 0 radical (unpaired) electrons. The molecule has 4 aliphatic rings. The van der Waals surface area contributed by atoms with E-state index in [-0.39, 0.29) is 18.2 Å². The predicted molar refractivity (Wildman–Crippen MR) is 80.9 cm³/mol. The molecule has 124 valence electrons. The number of hydrogen-bond acceptors (Lipinski definition) is 6. The van der Waals surface area contributed by atoms with Crippen LogP contribution in [-0.4, -0.2) is 53.8 Å². The summed E-state index contributed by atoms with van der Waals surface area (Å²) in [5.41, 5.74) is 1.89. The molecule has 1 aromatic carbocycles. The van der Waals surface area contributed by atoms with Crippen molar-refractivity contribution >= 4 is 0 Å². The molecule has 5 rings (SSSR count). The van der Waals surface area contributed by atoms with Gasteiger partial charge in [0, 0.05) is 30.0 Å². The van der Waals surface area contributed by atoms with Crippen molar-refractivity contribution in [2.24, 2.45) is 0 Å². The fraction of sp³-hybridized carbons (Fsp3) is 0.647. The lowest BCUT2D eigenvalue weighted by Crippen LogP contribution is -2.58. The number of methoxy groups -OCH3 is 1. The largest absolute Gasteiger partial charge is 0.492 e. The first kappa shape index (κ1) is 13.9. The van der Waals surface area contributed by atoms with Crippen molar-refractivity contribution in [3.63, 3.8) is 0 Å². The van der Waals surface area contributed by atoms with Crippen molar-refractivity contribution in [3.8, 4) is 17.2 Å². The first-order chi connectivity index (χ1) is 11.1. The molecule has 1 saturated carbocycles. The van der Waals surface area contributed by atoms with Crippen molar-refractivity contribution in [1.29, 1.82) is 0 Å². The number of rotatable bonds is 1. The Kier molecular flexibility index (Phi) is 2.73. The van der Waals surface area contributed by atoms with E-state index in [0.29, 0.717) is 24.3 Å². The van der Waals surface area contributed by atoms with Crippen LogP contribution in [0.1, 0.15) is 30.4 Å². The lowest BCUT2D eigenvalue weighted by molar-refractivity contribution is -0.0502. The van der Waals surface area contributed by atoms with Gasteiger partial charge in [0.15, 0.2) is 11.5 Å². The van der Waals surface area contributed by atoms with Crippen LogP contribution >= 0.6 is 0 Å². The summed E-state index contributed by atoms with van der Waals surface area (Å²) in [7, 11) is 1.65. The van der Waals surface area contributed by atoms with Crippen LogP contribution in [0.4, 0.5) is 0 Å². The number of nitrogens with zero attached hydrogens (tertiary/aromatic N) is 1. The maximum atomic E-state index is 10.9. The molecular weight excluding hydrogens is 298 g/mol. The van der Waals surface area contributed by atoms with Gasteiger partial charge in [-0.1, -0.05) is 0 Å². The van der Waals surface area contributed by atoms with Crippen LogP contribution in [0.25, 0.3) is 0 Å². The Balaban J connectivity index is 1.75. The third-order valence-electron chi connectivity index (χ3n) is 6.22. The molecule has 0 aromatic heterocycles. The molecule has 2 N–H and O–H groups in total. The van der Waals surface area contributed by atoms with E-state index >= 15 is 0 Å². The summed E-state index contributed by atoms with van der Waals surface area (Å²) >= 11 is 0. The van der Waals surface area contributed by atoms with E-state index in [4.69, 9.17) is 14.2 Å².